The number of aryl methyl sites for hydroxylation is 1. The van der Waals surface area contributed by atoms with Crippen molar-refractivity contribution in [3.05, 3.63) is 52.5 Å². The average Bonchev–Trinajstić information content (AvgIpc) is 3.47. The van der Waals surface area contributed by atoms with E-state index in [2.05, 4.69) is 35.5 Å². The largest absolute Gasteiger partial charge is 0.493 e. The van der Waals surface area contributed by atoms with Gasteiger partial charge in [0.2, 0.25) is 0 Å². The second-order valence-corrected chi connectivity index (χ2v) is 9.75. The summed E-state index contributed by atoms with van der Waals surface area (Å²) in [5.41, 5.74) is 0.964. The molecule has 0 radical (unpaired) electrons. The van der Waals surface area contributed by atoms with Crippen LogP contribution in [0.2, 0.25) is 10.0 Å². The quantitative estimate of drug-likeness (QED) is 0.286. The van der Waals surface area contributed by atoms with Crippen LogP contribution in [0.4, 0.5) is 10.6 Å². The van der Waals surface area contributed by atoms with Crippen LogP contribution < -0.4 is 10.1 Å². The Hall–Kier alpha value is -3.44. The van der Waals surface area contributed by atoms with Crippen molar-refractivity contribution < 1.29 is 14.3 Å². The summed E-state index contributed by atoms with van der Waals surface area (Å²) in [5, 5.41) is 10.1. The Morgan fingerprint density at radius 2 is 1.94 bits per heavy atom. The fraction of sp³-hybridized carbons (Fsp3) is 0.391. The Labute approximate surface area is 217 Å². The van der Waals surface area contributed by atoms with Crippen molar-refractivity contribution in [2.75, 3.05) is 11.9 Å². The van der Waals surface area contributed by atoms with E-state index in [0.29, 0.717) is 45.7 Å². The molecule has 1 amide bonds. The first kappa shape index (κ1) is 25.6. The highest BCUT2D eigenvalue weighted by atomic mass is 35.5. The van der Waals surface area contributed by atoms with E-state index in [0.717, 1.165) is 25.1 Å². The Morgan fingerprint density at radius 1 is 1.11 bits per heavy atom. The molecule has 13 heteroatoms. The Bertz CT molecular complexity index is 1340. The minimum absolute atomic E-state index is 0.244. The summed E-state index contributed by atoms with van der Waals surface area (Å²) in [7, 11) is 0. The number of hydrogen-bond donors (Lipinski definition) is 2. The number of anilines is 1. The number of H-pyrrole nitrogens is 1. The lowest BCUT2D eigenvalue weighted by Gasteiger charge is -2.19. The Morgan fingerprint density at radius 3 is 2.69 bits per heavy atom. The van der Waals surface area contributed by atoms with Crippen LogP contribution in [0.15, 0.2) is 31.1 Å². The molecule has 0 spiro atoms. The highest BCUT2D eigenvalue weighted by Crippen LogP contribution is 2.34. The van der Waals surface area contributed by atoms with Crippen molar-refractivity contribution in [1.82, 2.24) is 34.7 Å². The third-order valence-electron chi connectivity index (χ3n) is 5.03. The minimum Gasteiger partial charge on any atom is -0.493 e. The number of benzene rings is 1. The summed E-state index contributed by atoms with van der Waals surface area (Å²) in [4.78, 5) is 29.2. The van der Waals surface area contributed by atoms with Gasteiger partial charge in [-0.25, -0.2) is 24.7 Å². The van der Waals surface area contributed by atoms with Gasteiger partial charge in [-0.05, 0) is 45.7 Å². The first-order valence-electron chi connectivity index (χ1n) is 11.3. The van der Waals surface area contributed by atoms with Gasteiger partial charge in [0.1, 0.15) is 29.8 Å². The van der Waals surface area contributed by atoms with E-state index in [1.54, 1.807) is 43.8 Å². The third-order valence-corrected chi connectivity index (χ3v) is 5.88. The van der Waals surface area contributed by atoms with Gasteiger partial charge in [-0.1, -0.05) is 23.2 Å². The molecule has 0 saturated heterocycles. The van der Waals surface area contributed by atoms with Gasteiger partial charge in [-0.15, -0.1) is 0 Å². The molecule has 4 rings (SSSR count). The van der Waals surface area contributed by atoms with E-state index in [1.165, 1.54) is 12.7 Å². The van der Waals surface area contributed by atoms with Crippen LogP contribution in [-0.2, 0) is 17.7 Å². The van der Waals surface area contributed by atoms with Crippen LogP contribution in [-0.4, -0.2) is 53.0 Å². The molecule has 36 heavy (non-hydrogen) atoms. The molecule has 0 aliphatic heterocycles. The second kappa shape index (κ2) is 11.1. The van der Waals surface area contributed by atoms with E-state index < -0.39 is 11.7 Å². The van der Waals surface area contributed by atoms with Gasteiger partial charge in [-0.3, -0.25) is 10.4 Å². The van der Waals surface area contributed by atoms with Crippen molar-refractivity contribution >= 4 is 46.3 Å². The number of ether oxygens (including phenoxy) is 2. The fourth-order valence-corrected chi connectivity index (χ4v) is 3.84. The van der Waals surface area contributed by atoms with Gasteiger partial charge in [0.15, 0.2) is 17.0 Å². The van der Waals surface area contributed by atoms with Crippen molar-refractivity contribution in [3.63, 3.8) is 0 Å². The molecule has 0 bridgehead atoms. The molecule has 0 saturated carbocycles. The first-order chi connectivity index (χ1) is 17.2. The zero-order valence-electron chi connectivity index (χ0n) is 20.1. The molecule has 4 aromatic rings. The van der Waals surface area contributed by atoms with Crippen LogP contribution in [0.5, 0.6) is 5.75 Å². The lowest BCUT2D eigenvalue weighted by Crippen LogP contribution is -2.27. The maximum atomic E-state index is 12.2. The summed E-state index contributed by atoms with van der Waals surface area (Å²) in [6.07, 6.45) is 6.31. The van der Waals surface area contributed by atoms with Crippen molar-refractivity contribution in [2.24, 2.45) is 0 Å². The van der Waals surface area contributed by atoms with Crippen LogP contribution in [0.3, 0.4) is 0 Å². The molecule has 190 valence electrons. The number of nitrogens with zero attached hydrogens (tertiary/aromatic N) is 6. The minimum atomic E-state index is -0.648. The molecule has 0 unspecified atom stereocenters. The van der Waals surface area contributed by atoms with Crippen LogP contribution >= 0.6 is 23.2 Å². The van der Waals surface area contributed by atoms with Crippen LogP contribution in [0.1, 0.15) is 45.0 Å². The summed E-state index contributed by atoms with van der Waals surface area (Å²) < 4.78 is 13.1. The molecular weight excluding hydrogens is 507 g/mol. The number of carbonyl (C=O) groups is 1. The van der Waals surface area contributed by atoms with Crippen molar-refractivity contribution in [3.8, 4) is 5.75 Å². The molecular formula is C23H26Cl2N8O3. The molecule has 0 aliphatic carbocycles. The summed E-state index contributed by atoms with van der Waals surface area (Å²) >= 11 is 12.9. The van der Waals surface area contributed by atoms with E-state index in [4.69, 9.17) is 32.7 Å². The molecule has 1 aromatic carbocycles. The maximum absolute atomic E-state index is 12.2. The van der Waals surface area contributed by atoms with Crippen LogP contribution in [0.25, 0.3) is 11.2 Å². The van der Waals surface area contributed by atoms with Crippen molar-refractivity contribution in [2.45, 2.75) is 52.2 Å². The first-order valence-corrected chi connectivity index (χ1v) is 12.1. The molecule has 0 aliphatic rings. The van der Waals surface area contributed by atoms with Gasteiger partial charge in [-0.2, -0.15) is 5.10 Å². The monoisotopic (exact) mass is 532 g/mol. The number of aromatic amines is 1. The Balaban J connectivity index is 1.49. The number of rotatable bonds is 9. The zero-order valence-corrected chi connectivity index (χ0v) is 21.6. The lowest BCUT2D eigenvalue weighted by atomic mass is 10.2. The van der Waals surface area contributed by atoms with Crippen molar-refractivity contribution in [1.29, 1.82) is 0 Å². The van der Waals surface area contributed by atoms with Gasteiger partial charge in [0.25, 0.3) is 0 Å². The molecule has 2 N–H and O–H groups in total. The van der Waals surface area contributed by atoms with Gasteiger partial charge in [0, 0.05) is 12.0 Å². The van der Waals surface area contributed by atoms with E-state index in [1.807, 2.05) is 0 Å². The topological polar surface area (TPSA) is 133 Å². The predicted octanol–water partition coefficient (Wildman–Crippen LogP) is 5.05. The molecule has 3 heterocycles. The summed E-state index contributed by atoms with van der Waals surface area (Å²) in [6, 6.07) is 3.50. The standard InChI is InChI=1S/C23H26Cl2N8O3/c1-23(2,3)36-22(34)31-20-19-21(28-11-27-20)33(13-29-19)10-14-16(8-7-15(24)18(14)25)35-9-5-4-6-17-26-12-30-32-17/h7-8,11-13H,4-6,9-10H2,1-3H3,(H,26,30,32)(H,27,28,31,34). The average molecular weight is 533 g/mol. The predicted molar refractivity (Wildman–Crippen MR) is 136 cm³/mol. The fourth-order valence-electron chi connectivity index (χ4n) is 3.44. The number of imidazole rings is 1. The lowest BCUT2D eigenvalue weighted by molar-refractivity contribution is 0.0635. The van der Waals surface area contributed by atoms with Crippen LogP contribution in [0, 0.1) is 0 Å². The number of aromatic nitrogens is 7. The smallest absolute Gasteiger partial charge is 0.413 e. The number of carbonyl (C=O) groups excluding carboxylic acids is 1. The molecule has 0 atom stereocenters. The number of unbranched alkanes of at least 4 members (excludes halogenated alkanes) is 1. The SMILES string of the molecule is CC(C)(C)OC(=O)Nc1ncnc2c1ncn2Cc1c(OCCCCc2ncn[nH]2)ccc(Cl)c1Cl. The van der Waals surface area contributed by atoms with E-state index in [-0.39, 0.29) is 5.82 Å². The molecule has 3 aromatic heterocycles. The van der Waals surface area contributed by atoms with E-state index >= 15 is 0 Å². The number of fused-ring (bicyclic) bond motifs is 1. The number of amides is 1. The highest BCUT2D eigenvalue weighted by molar-refractivity contribution is 6.42. The van der Waals surface area contributed by atoms with Gasteiger partial charge in [0.05, 0.1) is 29.5 Å². The van der Waals surface area contributed by atoms with E-state index in [9.17, 15) is 4.79 Å². The van der Waals surface area contributed by atoms with Gasteiger partial charge < -0.3 is 14.0 Å². The zero-order chi connectivity index (χ0) is 25.7. The molecule has 11 nitrogen and oxygen atoms in total. The highest BCUT2D eigenvalue weighted by Gasteiger charge is 2.20. The summed E-state index contributed by atoms with van der Waals surface area (Å²) in [6.45, 7) is 6.13. The summed E-state index contributed by atoms with van der Waals surface area (Å²) in [5.74, 6) is 1.71. The number of nitrogens with one attached hydrogen (secondary N) is 2. The van der Waals surface area contributed by atoms with Gasteiger partial charge >= 0.3 is 6.09 Å². The molecule has 0 fully saturated rings. The normalized spacial score (nSPS) is 11.6. The maximum Gasteiger partial charge on any atom is 0.413 e. The second-order valence-electron chi connectivity index (χ2n) is 8.97. The number of hydrogen-bond acceptors (Lipinski definition) is 8. The number of halogens is 2. The Kier molecular flexibility index (Phi) is 7.90. The third kappa shape index (κ3) is 6.41.